The molecule has 11 nitrogen and oxygen atoms in total. The fraction of sp³-hybridized carbons (Fsp3) is 0.421. The Hall–Kier alpha value is -3.31. The molecule has 2 heterocycles. The van der Waals surface area contributed by atoms with E-state index in [0.717, 1.165) is 0 Å². The van der Waals surface area contributed by atoms with Gasteiger partial charge in [-0.1, -0.05) is 0 Å². The molecule has 1 fully saturated rings. The minimum absolute atomic E-state index is 0.188. The Labute approximate surface area is 173 Å². The minimum Gasteiger partial charge on any atom is -0.490 e. The van der Waals surface area contributed by atoms with Gasteiger partial charge in [0.15, 0.2) is 17.5 Å². The van der Waals surface area contributed by atoms with Crippen molar-refractivity contribution in [3.8, 4) is 11.5 Å². The number of hydrogen-bond donors (Lipinski definition) is 4. The molecule has 2 atom stereocenters. The Kier molecular flexibility index (Phi) is 6.43. The van der Waals surface area contributed by atoms with Gasteiger partial charge >= 0.3 is 5.97 Å². The predicted molar refractivity (Wildman–Crippen MR) is 106 cm³/mol. The van der Waals surface area contributed by atoms with Gasteiger partial charge in [-0.2, -0.15) is 5.53 Å². The molecule has 162 valence electrons. The Morgan fingerprint density at radius 1 is 1.20 bits per heavy atom. The number of carbonyl (C=O) groups excluding carboxylic acids is 3. The average molecular weight is 419 g/mol. The van der Waals surface area contributed by atoms with E-state index in [4.69, 9.17) is 14.2 Å². The van der Waals surface area contributed by atoms with Crippen molar-refractivity contribution in [2.45, 2.75) is 32.9 Å². The van der Waals surface area contributed by atoms with Crippen molar-refractivity contribution in [2.24, 2.45) is 0 Å². The molecular weight excluding hydrogens is 394 g/mol. The van der Waals surface area contributed by atoms with Crippen LogP contribution in [-0.2, 0) is 14.3 Å². The van der Waals surface area contributed by atoms with E-state index in [1.165, 1.54) is 24.3 Å². The number of rotatable bonds is 7. The number of carbonyl (C=O) groups is 3. The summed E-state index contributed by atoms with van der Waals surface area (Å²) in [5, 5.41) is 6.97. The molecule has 0 saturated carbocycles. The fourth-order valence-corrected chi connectivity index (χ4v) is 3.26. The monoisotopic (exact) mass is 419 g/mol. The van der Waals surface area contributed by atoms with Crippen molar-refractivity contribution in [2.75, 3.05) is 25.6 Å². The van der Waals surface area contributed by atoms with Crippen LogP contribution in [0, 0.1) is 0 Å². The summed E-state index contributed by atoms with van der Waals surface area (Å²) in [6, 6.07) is 1.25. The highest BCUT2D eigenvalue weighted by atomic mass is 16.5. The van der Waals surface area contributed by atoms with Gasteiger partial charge in [-0.15, -0.1) is 0 Å². The van der Waals surface area contributed by atoms with Crippen LogP contribution in [0.1, 0.15) is 31.1 Å². The smallest absolute Gasteiger partial charge is 0.338 e. The molecule has 0 aromatic heterocycles. The number of nitrogens with zero attached hydrogens (tertiary/aromatic N) is 1. The number of fused-ring (bicyclic) bond motifs is 1. The second-order valence-electron chi connectivity index (χ2n) is 6.59. The van der Waals surface area contributed by atoms with Crippen LogP contribution in [0.5, 0.6) is 11.5 Å². The summed E-state index contributed by atoms with van der Waals surface area (Å²) in [6.07, 6.45) is 1.68. The number of ether oxygens (including phenoxy) is 3. The summed E-state index contributed by atoms with van der Waals surface area (Å²) >= 11 is 0. The van der Waals surface area contributed by atoms with Crippen molar-refractivity contribution in [1.29, 1.82) is 0 Å². The zero-order valence-corrected chi connectivity index (χ0v) is 17.2. The molecule has 1 aromatic carbocycles. The van der Waals surface area contributed by atoms with Crippen LogP contribution in [-0.4, -0.2) is 55.2 Å². The molecule has 3 rings (SSSR count). The van der Waals surface area contributed by atoms with Crippen LogP contribution in [0.3, 0.4) is 0 Å². The normalized spacial score (nSPS) is 20.1. The Morgan fingerprint density at radius 2 is 1.93 bits per heavy atom. The molecule has 1 saturated heterocycles. The summed E-state index contributed by atoms with van der Waals surface area (Å²) in [4.78, 5) is 37.5. The number of amides is 2. The molecule has 30 heavy (non-hydrogen) atoms. The maximum Gasteiger partial charge on any atom is 0.338 e. The first-order chi connectivity index (χ1) is 14.4. The topological polar surface area (TPSA) is 130 Å². The van der Waals surface area contributed by atoms with Crippen LogP contribution in [0.25, 0.3) is 0 Å². The van der Waals surface area contributed by atoms with E-state index in [0.29, 0.717) is 24.7 Å². The largest absolute Gasteiger partial charge is 0.490 e. The van der Waals surface area contributed by atoms with Gasteiger partial charge in [0.1, 0.15) is 6.04 Å². The third-order valence-corrected chi connectivity index (χ3v) is 4.49. The quantitative estimate of drug-likeness (QED) is 0.460. The highest BCUT2D eigenvalue weighted by Crippen LogP contribution is 2.38. The summed E-state index contributed by atoms with van der Waals surface area (Å²) in [7, 11) is 1.26. The number of hydrazine groups is 2. The maximum atomic E-state index is 13.0. The lowest BCUT2D eigenvalue weighted by Gasteiger charge is -2.28. The summed E-state index contributed by atoms with van der Waals surface area (Å²) in [5.74, 6) is -0.828. The predicted octanol–water partition coefficient (Wildman–Crippen LogP) is 0.262. The van der Waals surface area contributed by atoms with Gasteiger partial charge in [0.05, 0.1) is 31.6 Å². The Bertz CT molecular complexity index is 886. The second kappa shape index (κ2) is 9.01. The number of esters is 1. The third-order valence-electron chi connectivity index (χ3n) is 4.49. The van der Waals surface area contributed by atoms with Gasteiger partial charge < -0.3 is 24.8 Å². The van der Waals surface area contributed by atoms with Crippen LogP contribution in [0.15, 0.2) is 24.0 Å². The van der Waals surface area contributed by atoms with E-state index in [9.17, 15) is 14.4 Å². The molecule has 2 amide bonds. The second-order valence-corrected chi connectivity index (χ2v) is 6.59. The fourth-order valence-electron chi connectivity index (χ4n) is 3.26. The van der Waals surface area contributed by atoms with E-state index < -0.39 is 24.0 Å². The van der Waals surface area contributed by atoms with Crippen molar-refractivity contribution in [1.82, 2.24) is 21.3 Å². The third kappa shape index (κ3) is 4.16. The highest BCUT2D eigenvalue weighted by Gasteiger charge is 2.44. The Balaban J connectivity index is 1.92. The van der Waals surface area contributed by atoms with E-state index in [-0.39, 0.29) is 22.9 Å². The summed E-state index contributed by atoms with van der Waals surface area (Å²) in [5.41, 5.74) is 6.68. The molecule has 2 aliphatic heterocycles. The number of allylic oxidation sites excluding steroid dienone is 1. The number of methoxy groups -OCH3 is 1. The lowest BCUT2D eigenvalue weighted by Crippen LogP contribution is -2.54. The molecular formula is C19H25N5O6. The van der Waals surface area contributed by atoms with Gasteiger partial charge in [0.25, 0.3) is 5.91 Å². The van der Waals surface area contributed by atoms with Gasteiger partial charge in [-0.3, -0.25) is 14.6 Å². The zero-order valence-electron chi connectivity index (χ0n) is 17.2. The number of benzene rings is 1. The van der Waals surface area contributed by atoms with Crippen molar-refractivity contribution in [3.63, 3.8) is 0 Å². The standard InChI is InChI=1S/C19H25N5O6/c1-5-29-13-8-11(19(27)28-4)7-12(16(13)30-6-2)21-17(25)14-15-18(26)20-10(3)9-24(15)23-22-14/h7-9,14-15,22-23H,5-6H2,1-4H3,(H,20,26)(H,21,25). The number of anilines is 1. The molecule has 0 bridgehead atoms. The lowest BCUT2D eigenvalue weighted by molar-refractivity contribution is -0.129. The van der Waals surface area contributed by atoms with Gasteiger partial charge in [0, 0.05) is 11.9 Å². The molecule has 4 N–H and O–H groups in total. The van der Waals surface area contributed by atoms with Crippen LogP contribution >= 0.6 is 0 Å². The molecule has 1 aromatic rings. The number of nitrogens with one attached hydrogen (secondary N) is 4. The molecule has 2 aliphatic rings. The SMILES string of the molecule is CCOc1cc(C(=O)OC)cc(NC(=O)C2NNN3C=C(C)NC(=O)C23)c1OCC. The van der Waals surface area contributed by atoms with Crippen LogP contribution < -0.4 is 31.1 Å². The van der Waals surface area contributed by atoms with E-state index in [1.54, 1.807) is 27.0 Å². The summed E-state index contributed by atoms with van der Waals surface area (Å²) < 4.78 is 16.0. The first kappa shape index (κ1) is 21.4. The van der Waals surface area contributed by atoms with Crippen molar-refractivity contribution < 1.29 is 28.6 Å². The molecule has 0 spiro atoms. The summed E-state index contributed by atoms with van der Waals surface area (Å²) in [6.45, 7) is 5.96. The highest BCUT2D eigenvalue weighted by molar-refractivity contribution is 6.03. The first-order valence-corrected chi connectivity index (χ1v) is 9.51. The average Bonchev–Trinajstić information content (AvgIpc) is 3.14. The van der Waals surface area contributed by atoms with E-state index >= 15 is 0 Å². The van der Waals surface area contributed by atoms with Gasteiger partial charge in [0.2, 0.25) is 5.91 Å². The number of hydrogen-bond acceptors (Lipinski definition) is 9. The van der Waals surface area contributed by atoms with E-state index in [2.05, 4.69) is 21.6 Å². The van der Waals surface area contributed by atoms with Crippen molar-refractivity contribution >= 4 is 23.5 Å². The maximum absolute atomic E-state index is 13.0. The Morgan fingerprint density at radius 3 is 2.60 bits per heavy atom. The first-order valence-electron chi connectivity index (χ1n) is 9.51. The van der Waals surface area contributed by atoms with Crippen molar-refractivity contribution in [3.05, 3.63) is 29.6 Å². The molecule has 11 heteroatoms. The lowest BCUT2D eigenvalue weighted by atomic mass is 10.1. The van der Waals surface area contributed by atoms with Crippen LogP contribution in [0.2, 0.25) is 0 Å². The molecule has 2 unspecified atom stereocenters. The minimum atomic E-state index is -0.902. The molecule has 0 radical (unpaired) electrons. The zero-order chi connectivity index (χ0) is 21.8. The van der Waals surface area contributed by atoms with Gasteiger partial charge in [-0.25, -0.2) is 10.2 Å². The van der Waals surface area contributed by atoms with Crippen LogP contribution in [0.4, 0.5) is 5.69 Å². The van der Waals surface area contributed by atoms with E-state index in [1.807, 2.05) is 0 Å². The van der Waals surface area contributed by atoms with Gasteiger partial charge in [-0.05, 0) is 32.9 Å². The molecule has 0 aliphatic carbocycles.